The smallest absolute Gasteiger partial charge is 0.249 e. The minimum absolute atomic E-state index is 0.130. The Morgan fingerprint density at radius 3 is 2.84 bits per heavy atom. The molecule has 1 aliphatic heterocycles. The normalized spacial score (nSPS) is 19.3. The van der Waals surface area contributed by atoms with Gasteiger partial charge in [0.15, 0.2) is 0 Å². The van der Waals surface area contributed by atoms with E-state index in [1.54, 1.807) is 11.9 Å². The molecular formula is C12H17N5O2. The zero-order valence-electron chi connectivity index (χ0n) is 11.2. The highest BCUT2D eigenvalue weighted by molar-refractivity contribution is 6.04. The van der Waals surface area contributed by atoms with Crippen LogP contribution in [0.3, 0.4) is 0 Å². The summed E-state index contributed by atoms with van der Waals surface area (Å²) in [7, 11) is 1.77. The molecule has 0 saturated carbocycles. The van der Waals surface area contributed by atoms with Crippen LogP contribution in [0, 0.1) is 6.92 Å². The molecule has 7 heteroatoms. The van der Waals surface area contributed by atoms with Crippen molar-refractivity contribution in [1.82, 2.24) is 15.3 Å². The van der Waals surface area contributed by atoms with Gasteiger partial charge in [0.2, 0.25) is 11.8 Å². The lowest BCUT2D eigenvalue weighted by Gasteiger charge is -2.35. The highest BCUT2D eigenvalue weighted by Gasteiger charge is 2.34. The van der Waals surface area contributed by atoms with Gasteiger partial charge < -0.3 is 10.2 Å². The van der Waals surface area contributed by atoms with Crippen LogP contribution in [-0.4, -0.2) is 41.4 Å². The molecule has 2 rings (SSSR count). The lowest BCUT2D eigenvalue weighted by atomic mass is 10.1. The van der Waals surface area contributed by atoms with Crippen molar-refractivity contribution >= 4 is 23.5 Å². The van der Waals surface area contributed by atoms with Crippen molar-refractivity contribution in [2.75, 3.05) is 23.8 Å². The summed E-state index contributed by atoms with van der Waals surface area (Å²) in [5, 5.41) is 5.32. The Bertz CT molecular complexity index is 517. The number of hydrogen-bond acceptors (Lipinski definition) is 6. The minimum atomic E-state index is -0.379. The molecule has 1 saturated heterocycles. The summed E-state index contributed by atoms with van der Waals surface area (Å²) in [6.45, 7) is 3.90. The van der Waals surface area contributed by atoms with Gasteiger partial charge in [-0.05, 0) is 13.3 Å². The molecule has 1 atom stereocenters. The molecule has 1 aliphatic rings. The van der Waals surface area contributed by atoms with Gasteiger partial charge in [-0.25, -0.2) is 9.97 Å². The average molecular weight is 263 g/mol. The van der Waals surface area contributed by atoms with Crippen LogP contribution >= 0.6 is 0 Å². The Morgan fingerprint density at radius 2 is 2.21 bits per heavy atom. The van der Waals surface area contributed by atoms with Crippen molar-refractivity contribution in [2.24, 2.45) is 0 Å². The van der Waals surface area contributed by atoms with Crippen LogP contribution in [0.5, 0.6) is 0 Å². The van der Waals surface area contributed by atoms with Gasteiger partial charge in [0.1, 0.15) is 24.0 Å². The third-order valence-corrected chi connectivity index (χ3v) is 3.21. The first kappa shape index (κ1) is 13.3. The second kappa shape index (κ2) is 5.21. The van der Waals surface area contributed by atoms with Gasteiger partial charge in [-0.3, -0.25) is 14.9 Å². The molecule has 1 fully saturated rings. The zero-order chi connectivity index (χ0) is 14.0. The Labute approximate surface area is 111 Å². The fourth-order valence-corrected chi connectivity index (χ4v) is 2.28. The van der Waals surface area contributed by atoms with Crippen molar-refractivity contribution < 1.29 is 9.59 Å². The zero-order valence-corrected chi connectivity index (χ0v) is 11.2. The van der Waals surface area contributed by atoms with Crippen molar-refractivity contribution in [3.05, 3.63) is 11.9 Å². The molecule has 1 aromatic rings. The molecule has 2 amide bonds. The predicted octanol–water partition coefficient (Wildman–Crippen LogP) is 0.0681. The standard InChI is InChI=1S/C12H17N5O2/c1-4-8-12(19)16-9(18)5-17(8)11-7(2)10(13-3)14-6-15-11/h6,8H,4-5H2,1-3H3,(H,13,14,15)(H,16,18,19). The fourth-order valence-electron chi connectivity index (χ4n) is 2.28. The summed E-state index contributed by atoms with van der Waals surface area (Å²) < 4.78 is 0. The monoisotopic (exact) mass is 263 g/mol. The maximum absolute atomic E-state index is 11.9. The molecule has 0 radical (unpaired) electrons. The summed E-state index contributed by atoms with van der Waals surface area (Å²) in [6.07, 6.45) is 2.04. The van der Waals surface area contributed by atoms with Crippen LogP contribution in [0.4, 0.5) is 11.6 Å². The number of nitrogens with one attached hydrogen (secondary N) is 2. The molecule has 1 aromatic heterocycles. The van der Waals surface area contributed by atoms with Crippen molar-refractivity contribution in [3.8, 4) is 0 Å². The predicted molar refractivity (Wildman–Crippen MR) is 70.9 cm³/mol. The topological polar surface area (TPSA) is 87.2 Å². The van der Waals surface area contributed by atoms with E-state index in [0.717, 1.165) is 5.56 Å². The van der Waals surface area contributed by atoms with E-state index in [4.69, 9.17) is 0 Å². The molecule has 2 heterocycles. The van der Waals surface area contributed by atoms with Crippen molar-refractivity contribution in [2.45, 2.75) is 26.3 Å². The number of rotatable bonds is 3. The second-order valence-corrected chi connectivity index (χ2v) is 4.39. The second-order valence-electron chi connectivity index (χ2n) is 4.39. The number of amides is 2. The fraction of sp³-hybridized carbons (Fsp3) is 0.500. The summed E-state index contributed by atoms with van der Waals surface area (Å²) in [4.78, 5) is 33.5. The number of nitrogens with zero attached hydrogens (tertiary/aromatic N) is 3. The molecule has 19 heavy (non-hydrogen) atoms. The van der Waals surface area contributed by atoms with E-state index in [0.29, 0.717) is 18.1 Å². The van der Waals surface area contributed by atoms with Gasteiger partial charge in [-0.1, -0.05) is 6.92 Å². The van der Waals surface area contributed by atoms with Crippen molar-refractivity contribution in [1.29, 1.82) is 0 Å². The van der Waals surface area contributed by atoms with Gasteiger partial charge in [-0.2, -0.15) is 0 Å². The van der Waals surface area contributed by atoms with Crippen LogP contribution in [0.1, 0.15) is 18.9 Å². The Balaban J connectivity index is 2.43. The van der Waals surface area contributed by atoms with Crippen LogP contribution < -0.4 is 15.5 Å². The first-order chi connectivity index (χ1) is 9.08. The minimum Gasteiger partial charge on any atom is -0.373 e. The first-order valence-corrected chi connectivity index (χ1v) is 6.18. The number of piperazine rings is 1. The number of carbonyl (C=O) groups excluding carboxylic acids is 2. The molecule has 2 N–H and O–H groups in total. The Kier molecular flexibility index (Phi) is 3.64. The van der Waals surface area contributed by atoms with Crippen molar-refractivity contribution in [3.63, 3.8) is 0 Å². The summed E-state index contributed by atoms with van der Waals surface area (Å²) in [5.74, 6) is 0.731. The van der Waals surface area contributed by atoms with Crippen LogP contribution in [0.2, 0.25) is 0 Å². The summed E-state index contributed by atoms with van der Waals surface area (Å²) >= 11 is 0. The van der Waals surface area contributed by atoms with E-state index in [1.165, 1.54) is 6.33 Å². The third-order valence-electron chi connectivity index (χ3n) is 3.21. The first-order valence-electron chi connectivity index (χ1n) is 6.18. The third kappa shape index (κ3) is 2.35. The number of anilines is 2. The number of carbonyl (C=O) groups is 2. The Hall–Kier alpha value is -2.18. The maximum atomic E-state index is 11.9. The average Bonchev–Trinajstić information content (AvgIpc) is 2.38. The maximum Gasteiger partial charge on any atom is 0.249 e. The van der Waals surface area contributed by atoms with Gasteiger partial charge in [0.05, 0.1) is 6.54 Å². The highest BCUT2D eigenvalue weighted by atomic mass is 16.2. The van der Waals surface area contributed by atoms with Crippen LogP contribution in [0.15, 0.2) is 6.33 Å². The van der Waals surface area contributed by atoms with Gasteiger partial charge >= 0.3 is 0 Å². The van der Waals surface area contributed by atoms with E-state index in [-0.39, 0.29) is 24.4 Å². The summed E-state index contributed by atoms with van der Waals surface area (Å²) in [6, 6.07) is -0.379. The van der Waals surface area contributed by atoms with E-state index < -0.39 is 0 Å². The van der Waals surface area contributed by atoms with Gasteiger partial charge in [0, 0.05) is 12.6 Å². The lowest BCUT2D eigenvalue weighted by molar-refractivity contribution is -0.132. The molecule has 1 unspecified atom stereocenters. The molecule has 0 bridgehead atoms. The van der Waals surface area contributed by atoms with E-state index >= 15 is 0 Å². The number of hydrogen-bond donors (Lipinski definition) is 2. The molecule has 102 valence electrons. The lowest BCUT2D eigenvalue weighted by Crippen LogP contribution is -2.58. The molecule has 7 nitrogen and oxygen atoms in total. The number of imide groups is 1. The van der Waals surface area contributed by atoms with Gasteiger partial charge in [-0.15, -0.1) is 0 Å². The van der Waals surface area contributed by atoms with E-state index in [1.807, 2.05) is 13.8 Å². The number of aromatic nitrogens is 2. The molecular weight excluding hydrogens is 246 g/mol. The molecule has 0 aromatic carbocycles. The van der Waals surface area contributed by atoms with E-state index in [2.05, 4.69) is 20.6 Å². The largest absolute Gasteiger partial charge is 0.373 e. The quantitative estimate of drug-likeness (QED) is 0.750. The van der Waals surface area contributed by atoms with Crippen LogP contribution in [-0.2, 0) is 9.59 Å². The van der Waals surface area contributed by atoms with Crippen LogP contribution in [0.25, 0.3) is 0 Å². The van der Waals surface area contributed by atoms with E-state index in [9.17, 15) is 9.59 Å². The van der Waals surface area contributed by atoms with Gasteiger partial charge in [0.25, 0.3) is 0 Å². The molecule has 0 aliphatic carbocycles. The summed E-state index contributed by atoms with van der Waals surface area (Å²) in [5.41, 5.74) is 0.825. The SMILES string of the molecule is CCC1C(=O)NC(=O)CN1c1ncnc(NC)c1C. The highest BCUT2D eigenvalue weighted by Crippen LogP contribution is 2.25. The Morgan fingerprint density at radius 1 is 1.47 bits per heavy atom. The molecule has 0 spiro atoms.